The van der Waals surface area contributed by atoms with Crippen molar-refractivity contribution in [2.45, 2.75) is 26.7 Å². The molecule has 0 atom stereocenters. The summed E-state index contributed by atoms with van der Waals surface area (Å²) >= 11 is 0. The van der Waals surface area contributed by atoms with Crippen LogP contribution in [-0.2, 0) is 4.79 Å². The highest BCUT2D eigenvalue weighted by Gasteiger charge is 2.27. The number of hydrogen-bond donors (Lipinski definition) is 2. The molecule has 0 bridgehead atoms. The number of benzene rings is 1. The van der Waals surface area contributed by atoms with E-state index in [0.717, 1.165) is 17.8 Å². The predicted octanol–water partition coefficient (Wildman–Crippen LogP) is 3.08. The van der Waals surface area contributed by atoms with E-state index in [4.69, 9.17) is 0 Å². The molecule has 1 aromatic rings. The summed E-state index contributed by atoms with van der Waals surface area (Å²) in [6, 6.07) is 6.84. The molecule has 17 heavy (non-hydrogen) atoms. The van der Waals surface area contributed by atoms with E-state index in [9.17, 15) is 9.90 Å². The van der Waals surface area contributed by atoms with Crippen LogP contribution in [0.3, 0.4) is 0 Å². The molecule has 0 saturated carbocycles. The van der Waals surface area contributed by atoms with Crippen LogP contribution in [0.4, 0.5) is 5.69 Å². The summed E-state index contributed by atoms with van der Waals surface area (Å²) in [6.07, 6.45) is 3.14. The van der Waals surface area contributed by atoms with E-state index in [1.54, 1.807) is 30.3 Å². The van der Waals surface area contributed by atoms with E-state index in [0.29, 0.717) is 6.42 Å². The van der Waals surface area contributed by atoms with E-state index in [-0.39, 0.29) is 16.9 Å². The van der Waals surface area contributed by atoms with E-state index in [2.05, 4.69) is 19.2 Å². The molecule has 0 saturated heterocycles. The fourth-order valence-corrected chi connectivity index (χ4v) is 2.16. The monoisotopic (exact) mass is 231 g/mol. The molecule has 2 N–H and O–H groups in total. The average Bonchev–Trinajstić information content (AvgIpc) is 2.18. The third-order valence-corrected chi connectivity index (χ3v) is 2.83. The Morgan fingerprint density at radius 3 is 2.41 bits per heavy atom. The maximum absolute atomic E-state index is 11.6. The number of allylic oxidation sites excluding steroid dienone is 2. The first kappa shape index (κ1) is 11.7. The van der Waals surface area contributed by atoms with Crippen molar-refractivity contribution in [3.8, 4) is 5.75 Å². The van der Waals surface area contributed by atoms with Gasteiger partial charge < -0.3 is 10.4 Å². The summed E-state index contributed by atoms with van der Waals surface area (Å²) < 4.78 is 0. The molecule has 1 aliphatic carbocycles. The maximum Gasteiger partial charge on any atom is 0.157 e. The molecular weight excluding hydrogens is 214 g/mol. The normalized spacial score (nSPS) is 18.7. The van der Waals surface area contributed by atoms with E-state index in [1.807, 2.05) is 0 Å². The minimum Gasteiger partial charge on any atom is -0.508 e. The van der Waals surface area contributed by atoms with Crippen molar-refractivity contribution in [1.29, 1.82) is 0 Å². The summed E-state index contributed by atoms with van der Waals surface area (Å²) in [6.45, 7) is 4.19. The second-order valence-electron chi connectivity index (χ2n) is 5.33. The van der Waals surface area contributed by atoms with Gasteiger partial charge in [-0.15, -0.1) is 0 Å². The number of nitrogens with one attached hydrogen (secondary N) is 1. The second kappa shape index (κ2) is 4.24. The lowest BCUT2D eigenvalue weighted by atomic mass is 9.79. The van der Waals surface area contributed by atoms with E-state index >= 15 is 0 Å². The molecule has 0 heterocycles. The second-order valence-corrected chi connectivity index (χ2v) is 5.33. The van der Waals surface area contributed by atoms with Crippen LogP contribution in [0.1, 0.15) is 26.7 Å². The average molecular weight is 231 g/mol. The molecule has 0 radical (unpaired) electrons. The Hall–Kier alpha value is -1.77. The number of aromatic hydroxyl groups is 1. The van der Waals surface area contributed by atoms with Crippen LogP contribution in [0.5, 0.6) is 5.75 Å². The molecule has 3 heteroatoms. The zero-order valence-corrected chi connectivity index (χ0v) is 10.2. The third-order valence-electron chi connectivity index (χ3n) is 2.83. The molecule has 1 aliphatic rings. The van der Waals surface area contributed by atoms with Crippen LogP contribution in [0.15, 0.2) is 36.0 Å². The van der Waals surface area contributed by atoms with Crippen molar-refractivity contribution in [3.05, 3.63) is 36.0 Å². The van der Waals surface area contributed by atoms with Crippen molar-refractivity contribution >= 4 is 11.5 Å². The van der Waals surface area contributed by atoms with Gasteiger partial charge in [0.2, 0.25) is 0 Å². The molecule has 0 amide bonds. The fourth-order valence-electron chi connectivity index (χ4n) is 2.16. The first-order valence-electron chi connectivity index (χ1n) is 5.74. The van der Waals surface area contributed by atoms with Gasteiger partial charge >= 0.3 is 0 Å². The molecule has 2 rings (SSSR count). The zero-order valence-electron chi connectivity index (χ0n) is 10.2. The largest absolute Gasteiger partial charge is 0.508 e. The quantitative estimate of drug-likeness (QED) is 0.769. The fraction of sp³-hybridized carbons (Fsp3) is 0.357. The maximum atomic E-state index is 11.6. The van der Waals surface area contributed by atoms with Crippen LogP contribution in [0.2, 0.25) is 0 Å². The molecule has 3 nitrogen and oxygen atoms in total. The van der Waals surface area contributed by atoms with Gasteiger partial charge in [-0.25, -0.2) is 0 Å². The SMILES string of the molecule is CC1(C)CC(=O)C=C(Nc2ccc(O)cc2)C1. The Morgan fingerprint density at radius 2 is 1.82 bits per heavy atom. The van der Waals surface area contributed by atoms with E-state index < -0.39 is 0 Å². The van der Waals surface area contributed by atoms with Gasteiger partial charge in [0.15, 0.2) is 5.78 Å². The first-order chi connectivity index (χ1) is 7.94. The number of anilines is 1. The summed E-state index contributed by atoms with van der Waals surface area (Å²) in [5.74, 6) is 0.409. The third kappa shape index (κ3) is 3.09. The number of ketones is 1. The highest BCUT2D eigenvalue weighted by atomic mass is 16.3. The van der Waals surface area contributed by atoms with Gasteiger partial charge in [0.25, 0.3) is 0 Å². The summed E-state index contributed by atoms with van der Waals surface area (Å²) in [7, 11) is 0. The lowest BCUT2D eigenvalue weighted by Gasteiger charge is -2.29. The Kier molecular flexibility index (Phi) is 2.92. The van der Waals surface area contributed by atoms with Crippen LogP contribution in [0, 0.1) is 5.41 Å². The first-order valence-corrected chi connectivity index (χ1v) is 5.74. The van der Waals surface area contributed by atoms with Gasteiger partial charge in [0.1, 0.15) is 5.75 Å². The molecule has 0 spiro atoms. The minimum absolute atomic E-state index is 0.0189. The number of carbonyl (C=O) groups is 1. The van der Waals surface area contributed by atoms with Gasteiger partial charge in [-0.3, -0.25) is 4.79 Å². The lowest BCUT2D eigenvalue weighted by Crippen LogP contribution is -2.24. The summed E-state index contributed by atoms with van der Waals surface area (Å²) in [5.41, 5.74) is 1.85. The number of rotatable bonds is 2. The minimum atomic E-state index is 0.0189. The molecule has 0 aromatic heterocycles. The topological polar surface area (TPSA) is 49.3 Å². The summed E-state index contributed by atoms with van der Waals surface area (Å²) in [4.78, 5) is 11.6. The standard InChI is InChI=1S/C14H17NO2/c1-14(2)8-11(7-13(17)9-14)15-10-3-5-12(16)6-4-10/h3-7,15-16H,8-9H2,1-2H3. The molecule has 90 valence electrons. The smallest absolute Gasteiger partial charge is 0.157 e. The Morgan fingerprint density at radius 1 is 1.18 bits per heavy atom. The van der Waals surface area contributed by atoms with Crippen molar-refractivity contribution in [2.24, 2.45) is 5.41 Å². The van der Waals surface area contributed by atoms with Gasteiger partial charge in [-0.1, -0.05) is 13.8 Å². The Bertz CT molecular complexity index is 458. The summed E-state index contributed by atoms with van der Waals surface area (Å²) in [5, 5.41) is 12.4. The van der Waals surface area contributed by atoms with Gasteiger partial charge in [0.05, 0.1) is 0 Å². The molecular formula is C14H17NO2. The molecule has 0 fully saturated rings. The van der Waals surface area contributed by atoms with Crippen molar-refractivity contribution in [1.82, 2.24) is 0 Å². The van der Waals surface area contributed by atoms with Crippen LogP contribution in [0.25, 0.3) is 0 Å². The highest BCUT2D eigenvalue weighted by Crippen LogP contribution is 2.34. The highest BCUT2D eigenvalue weighted by molar-refractivity contribution is 5.92. The number of phenolic OH excluding ortho intramolecular Hbond substituents is 1. The molecule has 0 aliphatic heterocycles. The van der Waals surface area contributed by atoms with Gasteiger partial charge in [0, 0.05) is 23.9 Å². The van der Waals surface area contributed by atoms with Crippen molar-refractivity contribution < 1.29 is 9.90 Å². The number of hydrogen-bond acceptors (Lipinski definition) is 3. The van der Waals surface area contributed by atoms with Crippen molar-refractivity contribution in [3.63, 3.8) is 0 Å². The molecule has 0 unspecified atom stereocenters. The van der Waals surface area contributed by atoms with Gasteiger partial charge in [-0.05, 0) is 36.1 Å². The van der Waals surface area contributed by atoms with Crippen LogP contribution in [-0.4, -0.2) is 10.9 Å². The number of phenols is 1. The lowest BCUT2D eigenvalue weighted by molar-refractivity contribution is -0.117. The van der Waals surface area contributed by atoms with E-state index in [1.165, 1.54) is 0 Å². The van der Waals surface area contributed by atoms with Crippen LogP contribution < -0.4 is 5.32 Å². The zero-order chi connectivity index (χ0) is 12.5. The number of carbonyl (C=O) groups excluding carboxylic acids is 1. The Labute approximate surface area is 101 Å². The van der Waals surface area contributed by atoms with Crippen molar-refractivity contribution in [2.75, 3.05) is 5.32 Å². The predicted molar refractivity (Wildman–Crippen MR) is 67.8 cm³/mol. The Balaban J connectivity index is 2.13. The van der Waals surface area contributed by atoms with Crippen LogP contribution >= 0.6 is 0 Å². The molecule has 1 aromatic carbocycles. The van der Waals surface area contributed by atoms with Gasteiger partial charge in [-0.2, -0.15) is 0 Å².